The highest BCUT2D eigenvalue weighted by Crippen LogP contribution is 2.25. The van der Waals surface area contributed by atoms with Crippen LogP contribution in [0.3, 0.4) is 0 Å². The van der Waals surface area contributed by atoms with Crippen LogP contribution in [0, 0.1) is 6.92 Å². The Bertz CT molecular complexity index is 655. The van der Waals surface area contributed by atoms with E-state index < -0.39 is 0 Å². The van der Waals surface area contributed by atoms with Crippen molar-refractivity contribution in [3.8, 4) is 0 Å². The summed E-state index contributed by atoms with van der Waals surface area (Å²) in [6, 6.07) is 5.43. The van der Waals surface area contributed by atoms with Crippen LogP contribution in [0.25, 0.3) is 11.0 Å². The average Bonchev–Trinajstić information content (AvgIpc) is 3.03. The Morgan fingerprint density at radius 2 is 2.05 bits per heavy atom. The number of aromatic nitrogens is 2. The maximum atomic E-state index is 12.6. The maximum Gasteiger partial charge on any atom is 0.245 e. The van der Waals surface area contributed by atoms with Crippen molar-refractivity contribution >= 4 is 22.6 Å². The van der Waals surface area contributed by atoms with Gasteiger partial charge in [0.1, 0.15) is 11.9 Å². The first-order chi connectivity index (χ1) is 9.58. The predicted molar refractivity (Wildman–Crippen MR) is 79.4 cm³/mol. The third kappa shape index (κ3) is 2.03. The van der Waals surface area contributed by atoms with Gasteiger partial charge in [0.2, 0.25) is 5.91 Å². The number of hydrogen-bond donors (Lipinski definition) is 1. The second-order valence-corrected chi connectivity index (χ2v) is 5.49. The molecule has 1 amide bonds. The summed E-state index contributed by atoms with van der Waals surface area (Å²) in [5.74, 6) is 1.03. The lowest BCUT2D eigenvalue weighted by Crippen LogP contribution is -2.34. The molecule has 1 aliphatic rings. The number of fused-ring (bicyclic) bond motifs is 1. The third-order valence-corrected chi connectivity index (χ3v) is 4.05. The van der Waals surface area contributed by atoms with Gasteiger partial charge in [-0.3, -0.25) is 4.79 Å². The fraction of sp³-hybridized carbons (Fsp3) is 0.467. The Balaban J connectivity index is 2.00. The molecular formula is C15H20N4O. The monoisotopic (exact) mass is 272 g/mol. The minimum Gasteiger partial charge on any atom is -0.399 e. The van der Waals surface area contributed by atoms with E-state index in [1.807, 2.05) is 41.5 Å². The number of anilines is 1. The number of imidazole rings is 1. The number of amides is 1. The number of carbonyl (C=O) groups excluding carboxylic acids is 1. The van der Waals surface area contributed by atoms with E-state index in [-0.39, 0.29) is 11.9 Å². The van der Waals surface area contributed by atoms with Crippen molar-refractivity contribution in [1.82, 2.24) is 14.5 Å². The Kier molecular flexibility index (Phi) is 3.12. The normalized spacial score (nSPS) is 16.8. The number of hydrogen-bond acceptors (Lipinski definition) is 3. The number of nitrogens with zero attached hydrogens (tertiary/aromatic N) is 3. The van der Waals surface area contributed by atoms with Crippen LogP contribution in [0.15, 0.2) is 18.2 Å². The minimum atomic E-state index is -0.221. The lowest BCUT2D eigenvalue weighted by atomic mass is 10.2. The first-order valence-corrected chi connectivity index (χ1v) is 7.11. The van der Waals surface area contributed by atoms with Crippen molar-refractivity contribution in [2.24, 2.45) is 0 Å². The molecule has 2 aromatic rings. The van der Waals surface area contributed by atoms with Crippen LogP contribution < -0.4 is 5.73 Å². The van der Waals surface area contributed by atoms with Crippen molar-refractivity contribution in [2.45, 2.75) is 32.7 Å². The highest BCUT2D eigenvalue weighted by atomic mass is 16.2. The topological polar surface area (TPSA) is 64.1 Å². The first-order valence-electron chi connectivity index (χ1n) is 7.11. The van der Waals surface area contributed by atoms with Crippen molar-refractivity contribution in [3.63, 3.8) is 0 Å². The molecule has 106 valence electrons. The molecular weight excluding hydrogens is 252 g/mol. The molecule has 1 aromatic carbocycles. The van der Waals surface area contributed by atoms with Crippen LogP contribution in [0.2, 0.25) is 0 Å². The second kappa shape index (κ2) is 4.81. The smallest absolute Gasteiger partial charge is 0.245 e. The highest BCUT2D eigenvalue weighted by molar-refractivity contribution is 5.85. The van der Waals surface area contributed by atoms with Crippen molar-refractivity contribution < 1.29 is 4.79 Å². The van der Waals surface area contributed by atoms with Gasteiger partial charge >= 0.3 is 0 Å². The van der Waals surface area contributed by atoms with E-state index in [2.05, 4.69) is 4.98 Å². The number of carbonyl (C=O) groups is 1. The lowest BCUT2D eigenvalue weighted by Gasteiger charge is -2.22. The molecule has 0 bridgehead atoms. The number of aryl methyl sites for hydroxylation is 1. The van der Waals surface area contributed by atoms with Gasteiger partial charge in [-0.1, -0.05) is 0 Å². The Labute approximate surface area is 118 Å². The van der Waals surface area contributed by atoms with E-state index in [4.69, 9.17) is 5.73 Å². The summed E-state index contributed by atoms with van der Waals surface area (Å²) in [6.07, 6.45) is 2.22. The van der Waals surface area contributed by atoms with Crippen LogP contribution >= 0.6 is 0 Å². The molecule has 0 radical (unpaired) electrons. The summed E-state index contributed by atoms with van der Waals surface area (Å²) in [5.41, 5.74) is 8.31. The van der Waals surface area contributed by atoms with E-state index in [0.717, 1.165) is 42.8 Å². The molecule has 1 fully saturated rings. The van der Waals surface area contributed by atoms with Gasteiger partial charge < -0.3 is 15.2 Å². The van der Waals surface area contributed by atoms with Gasteiger partial charge in [0.15, 0.2) is 0 Å². The summed E-state index contributed by atoms with van der Waals surface area (Å²) in [6.45, 7) is 5.64. The SMILES string of the molecule is Cc1nc2cc(N)ccc2n1C(C)C(=O)N1CCCC1. The summed E-state index contributed by atoms with van der Waals surface area (Å²) >= 11 is 0. The summed E-state index contributed by atoms with van der Waals surface area (Å²) in [7, 11) is 0. The van der Waals surface area contributed by atoms with Crippen LogP contribution in [-0.4, -0.2) is 33.4 Å². The van der Waals surface area contributed by atoms with Crippen molar-refractivity contribution in [3.05, 3.63) is 24.0 Å². The van der Waals surface area contributed by atoms with E-state index in [0.29, 0.717) is 5.69 Å². The zero-order valence-corrected chi connectivity index (χ0v) is 12.0. The zero-order valence-electron chi connectivity index (χ0n) is 12.0. The van der Waals surface area contributed by atoms with E-state index in [1.54, 1.807) is 0 Å². The van der Waals surface area contributed by atoms with Gasteiger partial charge in [-0.15, -0.1) is 0 Å². The van der Waals surface area contributed by atoms with E-state index in [1.165, 1.54) is 0 Å². The maximum absolute atomic E-state index is 12.6. The van der Waals surface area contributed by atoms with Crippen molar-refractivity contribution in [1.29, 1.82) is 0 Å². The van der Waals surface area contributed by atoms with Crippen LogP contribution in [0.4, 0.5) is 5.69 Å². The highest BCUT2D eigenvalue weighted by Gasteiger charge is 2.26. The van der Waals surface area contributed by atoms with Gasteiger partial charge in [-0.2, -0.15) is 0 Å². The molecule has 2 heterocycles. The third-order valence-electron chi connectivity index (χ3n) is 4.05. The molecule has 2 N–H and O–H groups in total. The summed E-state index contributed by atoms with van der Waals surface area (Å²) < 4.78 is 2.01. The Hall–Kier alpha value is -2.04. The molecule has 5 heteroatoms. The zero-order chi connectivity index (χ0) is 14.3. The fourth-order valence-electron chi connectivity index (χ4n) is 3.04. The minimum absolute atomic E-state index is 0.182. The summed E-state index contributed by atoms with van der Waals surface area (Å²) in [4.78, 5) is 19.0. The van der Waals surface area contributed by atoms with Gasteiger partial charge in [-0.05, 0) is 44.9 Å². The second-order valence-electron chi connectivity index (χ2n) is 5.49. The van der Waals surface area contributed by atoms with Gasteiger partial charge in [0, 0.05) is 18.8 Å². The molecule has 1 unspecified atom stereocenters. The molecule has 1 saturated heterocycles. The average molecular weight is 272 g/mol. The number of likely N-dealkylation sites (tertiary alicyclic amines) is 1. The number of nitrogens with two attached hydrogens (primary N) is 1. The Morgan fingerprint density at radius 1 is 1.35 bits per heavy atom. The fourth-order valence-corrected chi connectivity index (χ4v) is 3.04. The number of nitrogen functional groups attached to an aromatic ring is 1. The van der Waals surface area contributed by atoms with Gasteiger partial charge in [-0.25, -0.2) is 4.98 Å². The summed E-state index contributed by atoms with van der Waals surface area (Å²) in [5, 5.41) is 0. The first kappa shape index (κ1) is 13.0. The molecule has 0 spiro atoms. The molecule has 1 atom stereocenters. The molecule has 20 heavy (non-hydrogen) atoms. The molecule has 0 saturated carbocycles. The van der Waals surface area contributed by atoms with Crippen molar-refractivity contribution in [2.75, 3.05) is 18.8 Å². The van der Waals surface area contributed by atoms with Gasteiger partial charge in [0.05, 0.1) is 11.0 Å². The Morgan fingerprint density at radius 3 is 2.75 bits per heavy atom. The number of benzene rings is 1. The van der Waals surface area contributed by atoms with Crippen LogP contribution in [0.1, 0.15) is 31.6 Å². The van der Waals surface area contributed by atoms with E-state index in [9.17, 15) is 4.79 Å². The lowest BCUT2D eigenvalue weighted by molar-refractivity contribution is -0.133. The quantitative estimate of drug-likeness (QED) is 0.852. The molecule has 0 aliphatic carbocycles. The molecule has 1 aliphatic heterocycles. The standard InChI is InChI=1S/C15H20N4O/c1-10(15(20)18-7-3-4-8-18)19-11(2)17-13-9-12(16)5-6-14(13)19/h5-6,9-10H,3-4,7-8,16H2,1-2H3. The largest absolute Gasteiger partial charge is 0.399 e. The van der Waals surface area contributed by atoms with Crippen LogP contribution in [0.5, 0.6) is 0 Å². The molecule has 3 rings (SSSR count). The number of rotatable bonds is 2. The van der Waals surface area contributed by atoms with Gasteiger partial charge in [0.25, 0.3) is 0 Å². The predicted octanol–water partition coefficient (Wildman–Crippen LogP) is 2.11. The molecule has 1 aromatic heterocycles. The van der Waals surface area contributed by atoms with Crippen LogP contribution in [-0.2, 0) is 4.79 Å². The van der Waals surface area contributed by atoms with E-state index >= 15 is 0 Å². The molecule has 5 nitrogen and oxygen atoms in total.